The van der Waals surface area contributed by atoms with Crippen molar-refractivity contribution in [1.82, 2.24) is 4.98 Å². The van der Waals surface area contributed by atoms with Crippen LogP contribution in [-0.2, 0) is 16.1 Å². The van der Waals surface area contributed by atoms with E-state index in [0.29, 0.717) is 0 Å². The maximum Gasteiger partial charge on any atom is 0.311 e. The monoisotopic (exact) mass is 544 g/mol. The topological polar surface area (TPSA) is 43.1 Å². The minimum Gasteiger partial charge on any atom is -0.469 e. The van der Waals surface area contributed by atoms with Crippen molar-refractivity contribution < 1.29 is 55.4 Å². The van der Waals surface area contributed by atoms with Gasteiger partial charge in [-0.3, -0.25) is 9.78 Å². The van der Waals surface area contributed by atoms with Gasteiger partial charge in [-0.15, -0.1) is 0 Å². The number of aromatic nitrogens is 2. The minimum atomic E-state index is -0.445. The number of hydrogen-bond donors (Lipinski definition) is 0. The van der Waals surface area contributed by atoms with Crippen molar-refractivity contribution in [1.29, 1.82) is 0 Å². The summed E-state index contributed by atoms with van der Waals surface area (Å²) < 4.78 is 7.20. The van der Waals surface area contributed by atoms with Crippen molar-refractivity contribution >= 4 is 5.97 Å². The molecule has 0 aliphatic carbocycles. The average molecular weight is 544 g/mol. The van der Waals surface area contributed by atoms with Gasteiger partial charge in [0.05, 0.1) is 12.5 Å². The fourth-order valence-corrected chi connectivity index (χ4v) is 3.87. The maximum atomic E-state index is 12.2. The van der Waals surface area contributed by atoms with Gasteiger partial charge in [-0.1, -0.05) is 38.1 Å². The van der Waals surface area contributed by atoms with E-state index in [9.17, 15) is 4.79 Å². The Morgan fingerprint density at radius 1 is 1.03 bits per heavy atom. The molecule has 2 unspecified atom stereocenters. The molecule has 5 heteroatoms. The molecule has 0 bridgehead atoms. The molecule has 0 saturated carbocycles. The van der Waals surface area contributed by atoms with E-state index in [0.717, 1.165) is 19.4 Å². The zero-order chi connectivity index (χ0) is 21.6. The first-order valence-corrected chi connectivity index (χ1v) is 10.5. The molecule has 2 aromatic heterocycles. The van der Waals surface area contributed by atoms with Crippen LogP contribution >= 0.6 is 0 Å². The Labute approximate surface area is 219 Å². The molecule has 1 aromatic carbocycles. The maximum absolute atomic E-state index is 12.2. The molecule has 159 valence electrons. The third kappa shape index (κ3) is 6.67. The van der Waals surface area contributed by atoms with E-state index in [1.807, 2.05) is 38.4 Å². The van der Waals surface area contributed by atoms with Gasteiger partial charge >= 0.3 is 5.97 Å². The van der Waals surface area contributed by atoms with Crippen LogP contribution in [0.2, 0.25) is 0 Å². The van der Waals surface area contributed by atoms with E-state index in [2.05, 4.69) is 65.3 Å². The van der Waals surface area contributed by atoms with Crippen LogP contribution < -0.4 is 4.57 Å². The van der Waals surface area contributed by atoms with Gasteiger partial charge in [-0.05, 0) is 54.5 Å². The summed E-state index contributed by atoms with van der Waals surface area (Å²) >= 11 is 0. The quantitative estimate of drug-likeness (QED) is 0.291. The normalized spacial score (nSPS) is 13.5. The van der Waals surface area contributed by atoms with E-state index < -0.39 is 5.41 Å². The van der Waals surface area contributed by atoms with E-state index in [1.54, 1.807) is 0 Å². The van der Waals surface area contributed by atoms with Gasteiger partial charge in [0.15, 0.2) is 18.9 Å². The summed E-state index contributed by atoms with van der Waals surface area (Å²) in [6, 6.07) is 17.0. The molecule has 2 heterocycles. The first kappa shape index (κ1) is 25.6. The first-order chi connectivity index (χ1) is 14.4. The molecule has 0 fully saturated rings. The number of methoxy groups -OCH3 is 1. The van der Waals surface area contributed by atoms with Gasteiger partial charge in [0.25, 0.3) is 0 Å². The van der Waals surface area contributed by atoms with E-state index >= 15 is 0 Å². The summed E-state index contributed by atoms with van der Waals surface area (Å²) in [5.74, 6) is 0.162. The Bertz CT molecular complexity index is 959. The van der Waals surface area contributed by atoms with Crippen LogP contribution in [0.15, 0.2) is 73.3 Å². The fraction of sp³-hybridized carbons (Fsp3) is 0.346. The second kappa shape index (κ2) is 11.8. The van der Waals surface area contributed by atoms with Crippen LogP contribution in [0.25, 0.3) is 11.1 Å². The van der Waals surface area contributed by atoms with E-state index in [1.165, 1.54) is 29.4 Å². The predicted octanol–water partition coefficient (Wildman–Crippen LogP) is 5.17. The summed E-state index contributed by atoms with van der Waals surface area (Å²) in [7, 11) is 1.47. The third-order valence-corrected chi connectivity index (χ3v) is 6.03. The SMILES string of the molecule is CCC(C)(CC(C)c1ccc(C[n+]2ccc(-c3ccncc3)cc2)cc1)C(=O)OC.[Pr]. The predicted molar refractivity (Wildman–Crippen MR) is 119 cm³/mol. The third-order valence-electron chi connectivity index (χ3n) is 6.03. The molecular formula is C26H31N2O2Pr+. The first-order valence-electron chi connectivity index (χ1n) is 10.5. The van der Waals surface area contributed by atoms with Gasteiger partial charge < -0.3 is 4.74 Å². The van der Waals surface area contributed by atoms with Crippen molar-refractivity contribution in [3.8, 4) is 11.1 Å². The summed E-state index contributed by atoms with van der Waals surface area (Å²) in [6.45, 7) is 7.04. The van der Waals surface area contributed by atoms with Gasteiger partial charge in [-0.25, -0.2) is 4.57 Å². The number of ether oxygens (including phenoxy) is 1. The van der Waals surface area contributed by atoms with Crippen LogP contribution in [0.5, 0.6) is 0 Å². The van der Waals surface area contributed by atoms with Gasteiger partial charge in [-0.2, -0.15) is 0 Å². The fourth-order valence-electron chi connectivity index (χ4n) is 3.87. The van der Waals surface area contributed by atoms with Gasteiger partial charge in [0.1, 0.15) is 0 Å². The van der Waals surface area contributed by atoms with Crippen molar-refractivity contribution in [3.63, 3.8) is 0 Å². The van der Waals surface area contributed by atoms with Crippen molar-refractivity contribution in [2.75, 3.05) is 7.11 Å². The van der Waals surface area contributed by atoms with Gasteiger partial charge in [0.2, 0.25) is 0 Å². The van der Waals surface area contributed by atoms with E-state index in [-0.39, 0.29) is 53.2 Å². The number of nitrogens with zero attached hydrogens (tertiary/aromatic N) is 2. The van der Waals surface area contributed by atoms with Crippen LogP contribution in [0.3, 0.4) is 0 Å². The molecule has 0 N–H and O–H groups in total. The number of pyridine rings is 2. The molecule has 31 heavy (non-hydrogen) atoms. The smallest absolute Gasteiger partial charge is 0.311 e. The molecule has 3 rings (SSSR count). The molecule has 0 amide bonds. The second-order valence-electron chi connectivity index (χ2n) is 8.25. The molecule has 0 aliphatic heterocycles. The van der Waals surface area contributed by atoms with Crippen LogP contribution in [0.1, 0.15) is 50.7 Å². The molecule has 3 aromatic rings. The number of esters is 1. The number of benzene rings is 1. The molecule has 2 atom stereocenters. The number of carbonyl (C=O) groups excluding carboxylic acids is 1. The standard InChI is InChI=1S/C26H31N2O2.Pr/c1-5-26(3,25(29)30-4)18-20(2)22-8-6-21(7-9-22)19-28-16-12-24(13-17-28)23-10-14-27-15-11-23;/h6-17,20H,5,18-19H2,1-4H3;/q+1;. The van der Waals surface area contributed by atoms with Gasteiger partial charge in [0, 0.05) is 71.4 Å². The summed E-state index contributed by atoms with van der Waals surface area (Å²) in [4.78, 5) is 16.2. The largest absolute Gasteiger partial charge is 0.469 e. The molecule has 1 radical (unpaired) electrons. The van der Waals surface area contributed by atoms with Crippen LogP contribution in [0, 0.1) is 46.7 Å². The summed E-state index contributed by atoms with van der Waals surface area (Å²) in [6.07, 6.45) is 9.39. The molecule has 4 nitrogen and oxygen atoms in total. The van der Waals surface area contributed by atoms with Crippen LogP contribution in [0.4, 0.5) is 0 Å². The van der Waals surface area contributed by atoms with Crippen molar-refractivity contribution in [2.45, 2.75) is 46.1 Å². The molecular weight excluding hydrogens is 513 g/mol. The zero-order valence-corrected chi connectivity index (χ0v) is 22.6. The summed E-state index contributed by atoms with van der Waals surface area (Å²) in [5, 5.41) is 0. The number of rotatable bonds is 8. The van der Waals surface area contributed by atoms with Crippen LogP contribution in [-0.4, -0.2) is 18.1 Å². The average Bonchev–Trinajstić information content (AvgIpc) is 2.80. The minimum absolute atomic E-state index is 0. The Hall–Kier alpha value is -1.65. The number of hydrogen-bond acceptors (Lipinski definition) is 3. The zero-order valence-electron chi connectivity index (χ0n) is 18.9. The molecule has 0 saturated heterocycles. The number of carbonyl (C=O) groups is 1. The Balaban J connectivity index is 0.00000341. The van der Waals surface area contributed by atoms with E-state index in [4.69, 9.17) is 4.74 Å². The molecule has 0 spiro atoms. The second-order valence-corrected chi connectivity index (χ2v) is 8.25. The van der Waals surface area contributed by atoms with Crippen molar-refractivity contribution in [2.24, 2.45) is 5.41 Å². The Morgan fingerprint density at radius 3 is 2.16 bits per heavy atom. The summed E-state index contributed by atoms with van der Waals surface area (Å²) in [5.41, 5.74) is 4.40. The molecule has 0 aliphatic rings. The Morgan fingerprint density at radius 2 is 1.61 bits per heavy atom. The van der Waals surface area contributed by atoms with Crippen molar-refractivity contribution in [3.05, 3.63) is 84.4 Å². The Kier molecular flexibility index (Phi) is 9.77.